The lowest BCUT2D eigenvalue weighted by Gasteiger charge is -2.01. The number of hydrogen-bond donors (Lipinski definition) is 0. The average molecular weight is 213 g/mol. The summed E-state index contributed by atoms with van der Waals surface area (Å²) in [5.74, 6) is 0. The van der Waals surface area contributed by atoms with Gasteiger partial charge in [0.2, 0.25) is 0 Å². The molecular weight excluding hydrogens is 206 g/mol. The van der Waals surface area contributed by atoms with Gasteiger partial charge in [-0.3, -0.25) is 0 Å². The number of hydrogen-bond acceptors (Lipinski definition) is 1. The number of nitriles is 1. The van der Waals surface area contributed by atoms with Gasteiger partial charge >= 0.3 is 0 Å². The first kappa shape index (κ1) is 9.76. The predicted molar refractivity (Wildman–Crippen MR) is 60.4 cm³/mol. The third kappa shape index (κ3) is 2.18. The fourth-order valence-corrected chi connectivity index (χ4v) is 1.46. The molecule has 0 aliphatic carbocycles. The lowest BCUT2D eigenvalue weighted by atomic mass is 10.0. The van der Waals surface area contributed by atoms with Crippen LogP contribution in [-0.4, -0.2) is 0 Å². The highest BCUT2D eigenvalue weighted by molar-refractivity contribution is 6.30. The molecule has 2 heteroatoms. The molecule has 1 radical (unpaired) electrons. The van der Waals surface area contributed by atoms with E-state index in [0.717, 1.165) is 11.1 Å². The maximum atomic E-state index is 8.77. The first-order valence-electron chi connectivity index (χ1n) is 4.47. The summed E-state index contributed by atoms with van der Waals surface area (Å²) in [5, 5.41) is 9.47. The topological polar surface area (TPSA) is 23.8 Å². The van der Waals surface area contributed by atoms with E-state index in [-0.39, 0.29) is 0 Å². The Morgan fingerprint density at radius 2 is 1.87 bits per heavy atom. The highest BCUT2D eigenvalue weighted by Gasteiger charge is 1.98. The number of benzene rings is 2. The van der Waals surface area contributed by atoms with Gasteiger partial charge in [-0.05, 0) is 41.5 Å². The summed E-state index contributed by atoms with van der Waals surface area (Å²) in [6.45, 7) is 0. The molecule has 71 valence electrons. The van der Waals surface area contributed by atoms with Crippen LogP contribution in [0.2, 0.25) is 5.02 Å². The van der Waals surface area contributed by atoms with E-state index < -0.39 is 0 Å². The minimum atomic E-state index is 0.638. The van der Waals surface area contributed by atoms with Crippen LogP contribution in [0.5, 0.6) is 0 Å². The van der Waals surface area contributed by atoms with Crippen LogP contribution in [0.15, 0.2) is 42.5 Å². The molecule has 2 rings (SSSR count). The molecule has 0 unspecified atom stereocenters. The SMILES string of the molecule is N#Cc1cc[c]c(-c2ccc(Cl)cc2)c1. The summed E-state index contributed by atoms with van der Waals surface area (Å²) in [6, 6.07) is 18.0. The van der Waals surface area contributed by atoms with E-state index in [1.165, 1.54) is 0 Å². The van der Waals surface area contributed by atoms with Crippen molar-refractivity contribution >= 4 is 11.6 Å². The summed E-state index contributed by atoms with van der Waals surface area (Å²) >= 11 is 5.80. The van der Waals surface area contributed by atoms with E-state index in [2.05, 4.69) is 12.1 Å². The molecule has 2 aromatic carbocycles. The Morgan fingerprint density at radius 3 is 2.53 bits per heavy atom. The molecule has 0 heterocycles. The van der Waals surface area contributed by atoms with Crippen molar-refractivity contribution in [1.82, 2.24) is 0 Å². The Morgan fingerprint density at radius 1 is 1.13 bits per heavy atom. The van der Waals surface area contributed by atoms with Gasteiger partial charge < -0.3 is 0 Å². The number of rotatable bonds is 1. The Labute approximate surface area is 93.5 Å². The summed E-state index contributed by atoms with van der Waals surface area (Å²) in [5.41, 5.74) is 2.56. The fraction of sp³-hybridized carbons (Fsp3) is 0. The van der Waals surface area contributed by atoms with Crippen LogP contribution in [-0.2, 0) is 0 Å². The summed E-state index contributed by atoms with van der Waals surface area (Å²) in [4.78, 5) is 0. The summed E-state index contributed by atoms with van der Waals surface area (Å²) in [6.07, 6.45) is 0. The quantitative estimate of drug-likeness (QED) is 0.708. The lowest BCUT2D eigenvalue weighted by Crippen LogP contribution is -1.79. The van der Waals surface area contributed by atoms with E-state index in [1.807, 2.05) is 30.3 Å². The van der Waals surface area contributed by atoms with Crippen molar-refractivity contribution in [2.75, 3.05) is 0 Å². The molecule has 0 saturated carbocycles. The van der Waals surface area contributed by atoms with Crippen molar-refractivity contribution in [3.63, 3.8) is 0 Å². The molecule has 1 nitrogen and oxygen atoms in total. The number of halogens is 1. The van der Waals surface area contributed by atoms with Gasteiger partial charge in [-0.1, -0.05) is 29.8 Å². The van der Waals surface area contributed by atoms with Crippen LogP contribution < -0.4 is 0 Å². The average Bonchev–Trinajstić information content (AvgIpc) is 2.30. The van der Waals surface area contributed by atoms with Crippen LogP contribution in [0.25, 0.3) is 11.1 Å². The second-order valence-corrected chi connectivity index (χ2v) is 3.55. The van der Waals surface area contributed by atoms with E-state index >= 15 is 0 Å². The Hall–Kier alpha value is -1.78. The van der Waals surface area contributed by atoms with Crippen molar-refractivity contribution < 1.29 is 0 Å². The molecule has 0 aliphatic heterocycles. The second kappa shape index (κ2) is 4.16. The highest BCUT2D eigenvalue weighted by Crippen LogP contribution is 2.21. The van der Waals surface area contributed by atoms with Crippen molar-refractivity contribution in [3.8, 4) is 17.2 Å². The van der Waals surface area contributed by atoms with Gasteiger partial charge in [0, 0.05) is 5.02 Å². The fourth-order valence-electron chi connectivity index (χ4n) is 1.33. The van der Waals surface area contributed by atoms with Crippen molar-refractivity contribution in [3.05, 3.63) is 59.1 Å². The molecule has 0 bridgehead atoms. The molecule has 0 saturated heterocycles. The van der Waals surface area contributed by atoms with E-state index in [1.54, 1.807) is 12.1 Å². The molecule has 0 fully saturated rings. The van der Waals surface area contributed by atoms with Crippen molar-refractivity contribution in [1.29, 1.82) is 5.26 Å². The van der Waals surface area contributed by atoms with E-state index in [9.17, 15) is 0 Å². The summed E-state index contributed by atoms with van der Waals surface area (Å²) in [7, 11) is 0. The van der Waals surface area contributed by atoms with Crippen LogP contribution in [0, 0.1) is 17.4 Å². The van der Waals surface area contributed by atoms with Crippen molar-refractivity contribution in [2.24, 2.45) is 0 Å². The predicted octanol–water partition coefficient (Wildman–Crippen LogP) is 3.68. The first-order chi connectivity index (χ1) is 7.29. The molecule has 15 heavy (non-hydrogen) atoms. The molecule has 0 spiro atoms. The number of nitrogens with zero attached hydrogens (tertiary/aromatic N) is 1. The Kier molecular flexibility index (Phi) is 2.71. The van der Waals surface area contributed by atoms with Gasteiger partial charge in [0.25, 0.3) is 0 Å². The Bertz CT molecular complexity index is 509. The van der Waals surface area contributed by atoms with Crippen LogP contribution >= 0.6 is 11.6 Å². The summed E-state index contributed by atoms with van der Waals surface area (Å²) < 4.78 is 0. The van der Waals surface area contributed by atoms with E-state index in [0.29, 0.717) is 10.6 Å². The van der Waals surface area contributed by atoms with Gasteiger partial charge in [0.1, 0.15) is 0 Å². The largest absolute Gasteiger partial charge is 0.192 e. The second-order valence-electron chi connectivity index (χ2n) is 3.11. The van der Waals surface area contributed by atoms with Gasteiger partial charge in [-0.15, -0.1) is 0 Å². The maximum Gasteiger partial charge on any atom is 0.0991 e. The minimum Gasteiger partial charge on any atom is -0.192 e. The third-order valence-corrected chi connectivity index (χ3v) is 2.34. The first-order valence-corrected chi connectivity index (χ1v) is 4.85. The molecule has 0 atom stereocenters. The zero-order chi connectivity index (χ0) is 10.7. The minimum absolute atomic E-state index is 0.638. The Balaban J connectivity index is 2.46. The zero-order valence-electron chi connectivity index (χ0n) is 7.87. The molecule has 0 N–H and O–H groups in total. The van der Waals surface area contributed by atoms with Gasteiger partial charge in [0.15, 0.2) is 0 Å². The maximum absolute atomic E-state index is 8.77. The molecule has 0 aromatic heterocycles. The van der Waals surface area contributed by atoms with Crippen LogP contribution in [0.4, 0.5) is 0 Å². The molecular formula is C13H7ClN. The smallest absolute Gasteiger partial charge is 0.0991 e. The standard InChI is InChI=1S/C13H7ClN/c14-13-6-4-11(5-7-13)12-3-1-2-10(8-12)9-15/h1-2,4-8H. The molecule has 0 amide bonds. The third-order valence-electron chi connectivity index (χ3n) is 2.09. The van der Waals surface area contributed by atoms with Crippen LogP contribution in [0.1, 0.15) is 5.56 Å². The highest BCUT2D eigenvalue weighted by atomic mass is 35.5. The van der Waals surface area contributed by atoms with E-state index in [4.69, 9.17) is 16.9 Å². The molecule has 2 aromatic rings. The van der Waals surface area contributed by atoms with Gasteiger partial charge in [-0.25, -0.2) is 0 Å². The normalized spacial score (nSPS) is 9.60. The zero-order valence-corrected chi connectivity index (χ0v) is 8.62. The monoisotopic (exact) mass is 212 g/mol. The van der Waals surface area contributed by atoms with Gasteiger partial charge in [-0.2, -0.15) is 5.26 Å². The molecule has 0 aliphatic rings. The lowest BCUT2D eigenvalue weighted by molar-refractivity contribution is 1.48. The van der Waals surface area contributed by atoms with Gasteiger partial charge in [0.05, 0.1) is 11.6 Å². The van der Waals surface area contributed by atoms with Crippen LogP contribution in [0.3, 0.4) is 0 Å². The van der Waals surface area contributed by atoms with Crippen molar-refractivity contribution in [2.45, 2.75) is 0 Å².